The molecule has 0 unspecified atom stereocenters. The van der Waals surface area contributed by atoms with Crippen LogP contribution in [0.25, 0.3) is 0 Å². The van der Waals surface area contributed by atoms with Crippen molar-refractivity contribution in [3.05, 3.63) is 39.9 Å². The summed E-state index contributed by atoms with van der Waals surface area (Å²) >= 11 is 0. The summed E-state index contributed by atoms with van der Waals surface area (Å²) < 4.78 is 0. The van der Waals surface area contributed by atoms with Crippen LogP contribution in [0.3, 0.4) is 0 Å². The largest absolute Gasteiger partial charge is 0.349 e. The lowest BCUT2D eigenvalue weighted by Gasteiger charge is -2.22. The van der Waals surface area contributed by atoms with Gasteiger partial charge in [0.15, 0.2) is 0 Å². The van der Waals surface area contributed by atoms with E-state index in [1.54, 1.807) is 0 Å². The van der Waals surface area contributed by atoms with Crippen molar-refractivity contribution in [2.45, 2.75) is 31.7 Å². The average molecular weight is 260 g/mol. The number of fused-ring (bicyclic) bond motifs is 2. The summed E-state index contributed by atoms with van der Waals surface area (Å²) in [7, 11) is 0. The number of nitrogens with zero attached hydrogens (tertiary/aromatic N) is 1. The summed E-state index contributed by atoms with van der Waals surface area (Å²) in [4.78, 5) is 22.2. The van der Waals surface area contributed by atoms with Crippen LogP contribution < -0.4 is 5.32 Å². The fourth-order valence-corrected chi connectivity index (χ4v) is 3.41. The summed E-state index contributed by atoms with van der Waals surface area (Å²) in [5, 5.41) is 13.6. The van der Waals surface area contributed by atoms with Gasteiger partial charge < -0.3 is 5.32 Å². The monoisotopic (exact) mass is 260 g/mol. The van der Waals surface area contributed by atoms with Gasteiger partial charge in [0.25, 0.3) is 11.6 Å². The van der Waals surface area contributed by atoms with Crippen molar-refractivity contribution in [3.63, 3.8) is 0 Å². The molecule has 100 valence electrons. The standard InChI is InChI=1S/C14H16N2O3/c17-14(10-3-5-12(6-4-10)16(18)19)15-13-8-9-1-2-11(13)7-9/h3-6,9,11,13H,1-2,7-8H2,(H,15,17)/t9-,11-,13-/m0/s1. The zero-order valence-electron chi connectivity index (χ0n) is 10.5. The Bertz CT molecular complexity index is 512. The second-order valence-electron chi connectivity index (χ2n) is 5.56. The first-order valence-electron chi connectivity index (χ1n) is 6.69. The normalized spacial score (nSPS) is 28.3. The van der Waals surface area contributed by atoms with Crippen molar-refractivity contribution in [2.24, 2.45) is 11.8 Å². The third-order valence-corrected chi connectivity index (χ3v) is 4.39. The first-order valence-corrected chi connectivity index (χ1v) is 6.69. The van der Waals surface area contributed by atoms with Gasteiger partial charge in [-0.25, -0.2) is 0 Å². The second kappa shape index (κ2) is 4.64. The van der Waals surface area contributed by atoms with Crippen LogP contribution in [0.4, 0.5) is 5.69 Å². The Morgan fingerprint density at radius 2 is 1.95 bits per heavy atom. The molecular formula is C14H16N2O3. The number of nitrogens with one attached hydrogen (secondary N) is 1. The summed E-state index contributed by atoms with van der Waals surface area (Å²) in [6.45, 7) is 0. The Labute approximate surface area is 111 Å². The van der Waals surface area contributed by atoms with E-state index >= 15 is 0 Å². The third kappa shape index (κ3) is 2.32. The van der Waals surface area contributed by atoms with Crippen molar-refractivity contribution >= 4 is 11.6 Å². The predicted molar refractivity (Wildman–Crippen MR) is 69.8 cm³/mol. The molecule has 2 aliphatic rings. The SMILES string of the molecule is O=C(N[C@H]1C[C@H]2CC[C@H]1C2)c1ccc([N+](=O)[O-])cc1. The van der Waals surface area contributed by atoms with Crippen molar-refractivity contribution in [2.75, 3.05) is 0 Å². The lowest BCUT2D eigenvalue weighted by Crippen LogP contribution is -2.38. The number of hydrogen-bond acceptors (Lipinski definition) is 3. The van der Waals surface area contributed by atoms with Crippen molar-refractivity contribution < 1.29 is 9.72 Å². The second-order valence-corrected chi connectivity index (χ2v) is 5.56. The molecule has 0 radical (unpaired) electrons. The Kier molecular flexibility index (Phi) is 2.97. The molecule has 1 amide bonds. The lowest BCUT2D eigenvalue weighted by atomic mass is 9.95. The van der Waals surface area contributed by atoms with E-state index in [2.05, 4.69) is 5.32 Å². The van der Waals surface area contributed by atoms with Crippen LogP contribution in [0.1, 0.15) is 36.0 Å². The van der Waals surface area contributed by atoms with Crippen LogP contribution in [0, 0.1) is 22.0 Å². The highest BCUT2D eigenvalue weighted by atomic mass is 16.6. The molecule has 3 rings (SSSR count). The van der Waals surface area contributed by atoms with E-state index in [1.165, 1.54) is 43.5 Å². The third-order valence-electron chi connectivity index (χ3n) is 4.39. The molecule has 2 fully saturated rings. The van der Waals surface area contributed by atoms with Crippen LogP contribution in [0.2, 0.25) is 0 Å². The molecule has 0 heterocycles. The van der Waals surface area contributed by atoms with Gasteiger partial charge in [0.05, 0.1) is 4.92 Å². The Morgan fingerprint density at radius 3 is 2.47 bits per heavy atom. The smallest absolute Gasteiger partial charge is 0.269 e. The number of amides is 1. The van der Waals surface area contributed by atoms with Crippen LogP contribution in [0.15, 0.2) is 24.3 Å². The maximum atomic E-state index is 12.1. The molecule has 19 heavy (non-hydrogen) atoms. The zero-order chi connectivity index (χ0) is 13.4. The molecule has 0 aliphatic heterocycles. The number of nitro groups is 1. The maximum Gasteiger partial charge on any atom is 0.269 e. The molecule has 1 N–H and O–H groups in total. The molecule has 1 aromatic rings. The summed E-state index contributed by atoms with van der Waals surface area (Å²) in [5.74, 6) is 1.30. The first kappa shape index (κ1) is 12.1. The zero-order valence-corrected chi connectivity index (χ0v) is 10.5. The van der Waals surface area contributed by atoms with Gasteiger partial charge in [-0.1, -0.05) is 6.42 Å². The van der Waals surface area contributed by atoms with E-state index in [9.17, 15) is 14.9 Å². The number of carbonyl (C=O) groups is 1. The molecule has 2 saturated carbocycles. The molecular weight excluding hydrogens is 244 g/mol. The van der Waals surface area contributed by atoms with E-state index in [-0.39, 0.29) is 11.6 Å². The van der Waals surface area contributed by atoms with E-state index in [1.807, 2.05) is 0 Å². The van der Waals surface area contributed by atoms with Gasteiger partial charge in [0.1, 0.15) is 0 Å². The average Bonchev–Trinajstić information content (AvgIpc) is 3.01. The number of carbonyl (C=O) groups excluding carboxylic acids is 1. The molecule has 1 aromatic carbocycles. The number of hydrogen-bond donors (Lipinski definition) is 1. The van der Waals surface area contributed by atoms with Crippen LogP contribution in [-0.2, 0) is 0 Å². The van der Waals surface area contributed by atoms with Gasteiger partial charge in [-0.3, -0.25) is 14.9 Å². The van der Waals surface area contributed by atoms with Gasteiger partial charge >= 0.3 is 0 Å². The number of rotatable bonds is 3. The summed E-state index contributed by atoms with van der Waals surface area (Å²) in [5.41, 5.74) is 0.504. The Morgan fingerprint density at radius 1 is 1.21 bits per heavy atom. The Hall–Kier alpha value is -1.91. The first-order chi connectivity index (χ1) is 9.13. The molecule has 5 heteroatoms. The van der Waals surface area contributed by atoms with Gasteiger partial charge in [0.2, 0.25) is 0 Å². The van der Waals surface area contributed by atoms with Crippen molar-refractivity contribution in [1.29, 1.82) is 0 Å². The van der Waals surface area contributed by atoms with Gasteiger partial charge in [-0.15, -0.1) is 0 Å². The molecule has 5 nitrogen and oxygen atoms in total. The highest BCUT2D eigenvalue weighted by Crippen LogP contribution is 2.44. The predicted octanol–water partition coefficient (Wildman–Crippen LogP) is 2.51. The van der Waals surface area contributed by atoms with E-state index < -0.39 is 4.92 Å². The minimum atomic E-state index is -0.461. The maximum absolute atomic E-state index is 12.1. The van der Waals surface area contributed by atoms with Gasteiger partial charge in [0, 0.05) is 23.7 Å². The van der Waals surface area contributed by atoms with E-state index in [4.69, 9.17) is 0 Å². The molecule has 2 aliphatic carbocycles. The fourth-order valence-electron chi connectivity index (χ4n) is 3.41. The number of nitro benzene ring substituents is 1. The highest BCUT2D eigenvalue weighted by molar-refractivity contribution is 5.94. The van der Waals surface area contributed by atoms with Gasteiger partial charge in [-0.2, -0.15) is 0 Å². The topological polar surface area (TPSA) is 72.2 Å². The van der Waals surface area contributed by atoms with E-state index in [0.29, 0.717) is 17.5 Å². The molecule has 3 atom stereocenters. The fraction of sp³-hybridized carbons (Fsp3) is 0.500. The van der Waals surface area contributed by atoms with Crippen LogP contribution in [0.5, 0.6) is 0 Å². The number of non-ortho nitro benzene ring substituents is 1. The number of benzene rings is 1. The molecule has 2 bridgehead atoms. The Balaban J connectivity index is 1.65. The van der Waals surface area contributed by atoms with E-state index in [0.717, 1.165) is 12.3 Å². The van der Waals surface area contributed by atoms with Crippen LogP contribution in [-0.4, -0.2) is 16.9 Å². The minimum absolute atomic E-state index is 0.0106. The summed E-state index contributed by atoms with van der Waals surface area (Å²) in [6, 6.07) is 6.06. The highest BCUT2D eigenvalue weighted by Gasteiger charge is 2.40. The summed E-state index contributed by atoms with van der Waals surface area (Å²) in [6.07, 6.45) is 4.85. The van der Waals surface area contributed by atoms with Crippen LogP contribution >= 0.6 is 0 Å². The minimum Gasteiger partial charge on any atom is -0.349 e. The van der Waals surface area contributed by atoms with Crippen molar-refractivity contribution in [1.82, 2.24) is 5.32 Å². The molecule has 0 saturated heterocycles. The van der Waals surface area contributed by atoms with Gasteiger partial charge in [-0.05, 0) is 43.2 Å². The molecule has 0 aromatic heterocycles. The van der Waals surface area contributed by atoms with Crippen molar-refractivity contribution in [3.8, 4) is 0 Å². The lowest BCUT2D eigenvalue weighted by molar-refractivity contribution is -0.384. The molecule has 0 spiro atoms. The quantitative estimate of drug-likeness (QED) is 0.670.